The van der Waals surface area contributed by atoms with Gasteiger partial charge in [0.05, 0.1) is 16.3 Å². The standard InChI is InChI=1S/C13H12ClN3O3/c1-8(17-7-3-6-15-17)12(18)16-11-9(13(19)20)4-2-5-10(11)14/h2-8H,1H3,(H,16,18)(H,19,20). The summed E-state index contributed by atoms with van der Waals surface area (Å²) >= 11 is 5.95. The zero-order chi connectivity index (χ0) is 14.7. The van der Waals surface area contributed by atoms with E-state index >= 15 is 0 Å². The summed E-state index contributed by atoms with van der Waals surface area (Å²) in [5.41, 5.74) is 0.0317. The van der Waals surface area contributed by atoms with Crippen LogP contribution in [-0.2, 0) is 4.79 Å². The summed E-state index contributed by atoms with van der Waals surface area (Å²) in [5.74, 6) is -1.56. The van der Waals surface area contributed by atoms with Gasteiger partial charge in [-0.2, -0.15) is 5.10 Å². The molecule has 0 saturated heterocycles. The zero-order valence-electron chi connectivity index (χ0n) is 10.6. The van der Waals surface area contributed by atoms with E-state index in [1.807, 2.05) is 0 Å². The van der Waals surface area contributed by atoms with Crippen LogP contribution in [0, 0.1) is 0 Å². The van der Waals surface area contributed by atoms with Crippen molar-refractivity contribution in [3.63, 3.8) is 0 Å². The van der Waals surface area contributed by atoms with Gasteiger partial charge in [-0.3, -0.25) is 9.48 Å². The number of aromatic nitrogens is 2. The van der Waals surface area contributed by atoms with Crippen LogP contribution in [0.5, 0.6) is 0 Å². The number of aromatic carboxylic acids is 1. The van der Waals surface area contributed by atoms with Crippen molar-refractivity contribution in [1.82, 2.24) is 9.78 Å². The molecule has 1 aromatic carbocycles. The predicted octanol–water partition coefficient (Wildman–Crippen LogP) is 2.43. The van der Waals surface area contributed by atoms with Gasteiger partial charge in [0.25, 0.3) is 0 Å². The van der Waals surface area contributed by atoms with Gasteiger partial charge in [0.2, 0.25) is 5.91 Å². The van der Waals surface area contributed by atoms with Crippen molar-refractivity contribution in [2.24, 2.45) is 0 Å². The van der Waals surface area contributed by atoms with Gasteiger partial charge in [0.1, 0.15) is 6.04 Å². The lowest BCUT2D eigenvalue weighted by molar-refractivity contribution is -0.119. The molecule has 20 heavy (non-hydrogen) atoms. The van der Waals surface area contributed by atoms with E-state index < -0.39 is 17.9 Å². The fourth-order valence-electron chi connectivity index (χ4n) is 1.69. The topological polar surface area (TPSA) is 84.2 Å². The van der Waals surface area contributed by atoms with Crippen molar-refractivity contribution in [2.45, 2.75) is 13.0 Å². The Morgan fingerprint density at radius 2 is 2.15 bits per heavy atom. The Morgan fingerprint density at radius 3 is 2.75 bits per heavy atom. The molecule has 2 N–H and O–H groups in total. The van der Waals surface area contributed by atoms with Crippen molar-refractivity contribution in [1.29, 1.82) is 0 Å². The third kappa shape index (κ3) is 2.80. The third-order valence-electron chi connectivity index (χ3n) is 2.79. The molecule has 0 fully saturated rings. The fourth-order valence-corrected chi connectivity index (χ4v) is 1.91. The number of carboxylic acid groups (broad SMARTS) is 1. The molecule has 0 aliphatic rings. The van der Waals surface area contributed by atoms with Gasteiger partial charge < -0.3 is 10.4 Å². The molecule has 7 heteroatoms. The van der Waals surface area contributed by atoms with Crippen LogP contribution < -0.4 is 5.32 Å². The van der Waals surface area contributed by atoms with Gasteiger partial charge in [0, 0.05) is 12.4 Å². The van der Waals surface area contributed by atoms with E-state index in [0.29, 0.717) is 0 Å². The number of hydrogen-bond acceptors (Lipinski definition) is 3. The number of hydrogen-bond donors (Lipinski definition) is 2. The average Bonchev–Trinajstić information content (AvgIpc) is 2.93. The van der Waals surface area contributed by atoms with E-state index in [0.717, 1.165) is 0 Å². The van der Waals surface area contributed by atoms with E-state index in [9.17, 15) is 9.59 Å². The quantitative estimate of drug-likeness (QED) is 0.907. The molecule has 1 heterocycles. The van der Waals surface area contributed by atoms with Crippen LogP contribution in [0.1, 0.15) is 23.3 Å². The SMILES string of the molecule is CC(C(=O)Nc1c(Cl)cccc1C(=O)O)n1cccn1. The molecule has 1 atom stereocenters. The van der Waals surface area contributed by atoms with Crippen LogP contribution >= 0.6 is 11.6 Å². The van der Waals surface area contributed by atoms with Gasteiger partial charge in [-0.1, -0.05) is 17.7 Å². The van der Waals surface area contributed by atoms with Crippen molar-refractivity contribution in [3.05, 3.63) is 47.2 Å². The average molecular weight is 294 g/mol. The summed E-state index contributed by atoms with van der Waals surface area (Å²) in [4.78, 5) is 23.2. The summed E-state index contributed by atoms with van der Waals surface area (Å²) in [5, 5.41) is 15.8. The molecule has 1 unspecified atom stereocenters. The zero-order valence-corrected chi connectivity index (χ0v) is 11.3. The molecule has 0 radical (unpaired) electrons. The highest BCUT2D eigenvalue weighted by Crippen LogP contribution is 2.26. The minimum Gasteiger partial charge on any atom is -0.478 e. The number of nitrogens with zero attached hydrogens (tertiary/aromatic N) is 2. The molecule has 104 valence electrons. The van der Waals surface area contributed by atoms with Gasteiger partial charge in [0.15, 0.2) is 0 Å². The molecule has 0 aliphatic carbocycles. The molecule has 2 rings (SSSR count). The van der Waals surface area contributed by atoms with E-state index in [2.05, 4.69) is 10.4 Å². The van der Waals surface area contributed by atoms with Crippen LogP contribution in [0.15, 0.2) is 36.7 Å². The lowest BCUT2D eigenvalue weighted by atomic mass is 10.1. The van der Waals surface area contributed by atoms with E-state index in [1.165, 1.54) is 22.9 Å². The molecule has 6 nitrogen and oxygen atoms in total. The summed E-state index contributed by atoms with van der Waals surface area (Å²) in [6.45, 7) is 1.65. The Kier molecular flexibility index (Phi) is 4.05. The Labute approximate surface area is 120 Å². The fraction of sp³-hybridized carbons (Fsp3) is 0.154. The molecular weight excluding hydrogens is 282 g/mol. The molecular formula is C13H12ClN3O3. The first-order valence-corrected chi connectivity index (χ1v) is 6.20. The maximum atomic E-state index is 12.1. The smallest absolute Gasteiger partial charge is 0.337 e. The number of para-hydroxylation sites is 1. The minimum atomic E-state index is -1.16. The Balaban J connectivity index is 2.26. The maximum Gasteiger partial charge on any atom is 0.337 e. The van der Waals surface area contributed by atoms with Gasteiger partial charge in [-0.25, -0.2) is 4.79 Å². The Bertz CT molecular complexity index is 640. The maximum absolute atomic E-state index is 12.1. The van der Waals surface area contributed by atoms with Gasteiger partial charge in [-0.05, 0) is 25.1 Å². The van der Waals surface area contributed by atoms with Crippen molar-refractivity contribution in [3.8, 4) is 0 Å². The number of benzene rings is 1. The van der Waals surface area contributed by atoms with Crippen LogP contribution in [0.25, 0.3) is 0 Å². The van der Waals surface area contributed by atoms with Crippen LogP contribution in [0.2, 0.25) is 5.02 Å². The Morgan fingerprint density at radius 1 is 1.40 bits per heavy atom. The molecule has 2 aromatic rings. The number of carbonyl (C=O) groups excluding carboxylic acids is 1. The molecule has 0 spiro atoms. The molecule has 0 aliphatic heterocycles. The number of halogens is 1. The highest BCUT2D eigenvalue weighted by Gasteiger charge is 2.20. The van der Waals surface area contributed by atoms with E-state index in [1.54, 1.807) is 25.4 Å². The highest BCUT2D eigenvalue weighted by atomic mass is 35.5. The van der Waals surface area contributed by atoms with Crippen molar-refractivity contribution >= 4 is 29.2 Å². The van der Waals surface area contributed by atoms with Gasteiger partial charge in [-0.15, -0.1) is 0 Å². The third-order valence-corrected chi connectivity index (χ3v) is 3.11. The second-order valence-corrected chi connectivity index (χ2v) is 4.53. The Hall–Kier alpha value is -2.34. The summed E-state index contributed by atoms with van der Waals surface area (Å²) in [6, 6.07) is 5.52. The second-order valence-electron chi connectivity index (χ2n) is 4.12. The van der Waals surface area contributed by atoms with Crippen LogP contribution in [-0.4, -0.2) is 26.8 Å². The summed E-state index contributed by atoms with van der Waals surface area (Å²) in [6.07, 6.45) is 3.21. The highest BCUT2D eigenvalue weighted by molar-refractivity contribution is 6.34. The summed E-state index contributed by atoms with van der Waals surface area (Å²) in [7, 11) is 0. The van der Waals surface area contributed by atoms with Crippen molar-refractivity contribution < 1.29 is 14.7 Å². The lowest BCUT2D eigenvalue weighted by Gasteiger charge is -2.15. The monoisotopic (exact) mass is 293 g/mol. The molecule has 1 amide bonds. The van der Waals surface area contributed by atoms with Crippen molar-refractivity contribution in [2.75, 3.05) is 5.32 Å². The second kappa shape index (κ2) is 5.75. The first-order valence-electron chi connectivity index (χ1n) is 5.82. The van der Waals surface area contributed by atoms with Crippen LogP contribution in [0.3, 0.4) is 0 Å². The van der Waals surface area contributed by atoms with E-state index in [-0.39, 0.29) is 16.3 Å². The number of amides is 1. The number of nitrogens with one attached hydrogen (secondary N) is 1. The van der Waals surface area contributed by atoms with Gasteiger partial charge >= 0.3 is 5.97 Å². The molecule has 0 bridgehead atoms. The van der Waals surface area contributed by atoms with E-state index in [4.69, 9.17) is 16.7 Å². The summed E-state index contributed by atoms with van der Waals surface area (Å²) < 4.78 is 1.46. The number of rotatable bonds is 4. The number of anilines is 1. The molecule has 1 aromatic heterocycles. The predicted molar refractivity (Wildman–Crippen MR) is 74.0 cm³/mol. The normalized spacial score (nSPS) is 11.9. The first-order chi connectivity index (χ1) is 9.50. The first kappa shape index (κ1) is 14.1. The number of carboxylic acids is 1. The van der Waals surface area contributed by atoms with Crippen LogP contribution in [0.4, 0.5) is 5.69 Å². The lowest BCUT2D eigenvalue weighted by Crippen LogP contribution is -2.25. The molecule has 0 saturated carbocycles. The number of carbonyl (C=O) groups is 2. The largest absolute Gasteiger partial charge is 0.478 e. The minimum absolute atomic E-state index is 0.0569.